The molecule has 0 aliphatic carbocycles. The molecule has 0 fully saturated rings. The summed E-state index contributed by atoms with van der Waals surface area (Å²) in [5.74, 6) is -1.17. The van der Waals surface area contributed by atoms with Crippen molar-refractivity contribution < 1.29 is 9.18 Å². The number of nitrogens with one attached hydrogen (secondary N) is 2. The first kappa shape index (κ1) is 12.9. The third-order valence-corrected chi connectivity index (χ3v) is 2.63. The Morgan fingerprint density at radius 2 is 2.05 bits per heavy atom. The van der Waals surface area contributed by atoms with Crippen molar-refractivity contribution in [2.24, 2.45) is 0 Å². The van der Waals surface area contributed by atoms with Gasteiger partial charge in [0, 0.05) is 19.4 Å². The fourth-order valence-electron chi connectivity index (χ4n) is 1.60. The number of amides is 1. The fourth-order valence-corrected chi connectivity index (χ4v) is 1.60. The molecule has 2 N–H and O–H groups in total. The van der Waals surface area contributed by atoms with Crippen molar-refractivity contribution in [2.45, 2.75) is 6.92 Å². The number of carbonyl (C=O) groups excluding carboxylic acids is 1. The number of anilines is 2. The highest BCUT2D eigenvalue weighted by Gasteiger charge is 2.16. The Hall–Kier alpha value is -2.50. The molecular formula is C13H13FN4O. The lowest BCUT2D eigenvalue weighted by atomic mass is 10.2. The molecule has 1 amide bonds. The number of nitrogens with zero attached hydrogens (tertiary/aromatic N) is 2. The van der Waals surface area contributed by atoms with Gasteiger partial charge in [0.2, 0.25) is 0 Å². The predicted molar refractivity (Wildman–Crippen MR) is 70.7 cm³/mol. The van der Waals surface area contributed by atoms with Crippen LogP contribution >= 0.6 is 0 Å². The molecule has 0 saturated heterocycles. The van der Waals surface area contributed by atoms with Crippen LogP contribution in [0.1, 0.15) is 16.1 Å². The lowest BCUT2D eigenvalue weighted by Gasteiger charge is -2.09. The van der Waals surface area contributed by atoms with Crippen LogP contribution in [0.4, 0.5) is 15.9 Å². The summed E-state index contributed by atoms with van der Waals surface area (Å²) in [4.78, 5) is 19.9. The molecule has 6 heteroatoms. The van der Waals surface area contributed by atoms with E-state index < -0.39 is 11.7 Å². The number of pyridine rings is 2. The molecule has 2 aromatic heterocycles. The quantitative estimate of drug-likeness (QED) is 0.888. The van der Waals surface area contributed by atoms with Crippen LogP contribution in [0.25, 0.3) is 0 Å². The molecule has 2 rings (SSSR count). The number of rotatable bonds is 3. The fraction of sp³-hybridized carbons (Fsp3) is 0.154. The molecule has 0 aromatic carbocycles. The summed E-state index contributed by atoms with van der Waals surface area (Å²) in [5, 5.41) is 5.21. The third-order valence-electron chi connectivity index (χ3n) is 2.63. The van der Waals surface area contributed by atoms with E-state index in [0.717, 1.165) is 0 Å². The van der Waals surface area contributed by atoms with Crippen molar-refractivity contribution in [1.82, 2.24) is 9.97 Å². The molecule has 0 aliphatic heterocycles. The van der Waals surface area contributed by atoms with Crippen LogP contribution < -0.4 is 10.6 Å². The zero-order valence-corrected chi connectivity index (χ0v) is 10.6. The monoisotopic (exact) mass is 260 g/mol. The third kappa shape index (κ3) is 2.67. The maximum atomic E-state index is 13.9. The molecule has 0 aliphatic rings. The van der Waals surface area contributed by atoms with Gasteiger partial charge in [0.1, 0.15) is 0 Å². The van der Waals surface area contributed by atoms with Crippen LogP contribution in [0.15, 0.2) is 30.6 Å². The van der Waals surface area contributed by atoms with E-state index in [9.17, 15) is 9.18 Å². The first-order valence-electron chi connectivity index (χ1n) is 5.68. The first-order valence-corrected chi connectivity index (χ1v) is 5.68. The zero-order valence-electron chi connectivity index (χ0n) is 10.6. The molecule has 2 heterocycles. The van der Waals surface area contributed by atoms with Gasteiger partial charge in [0.15, 0.2) is 11.6 Å². The first-order chi connectivity index (χ1) is 9.13. The van der Waals surface area contributed by atoms with Gasteiger partial charge in [-0.2, -0.15) is 0 Å². The average Bonchev–Trinajstić information content (AvgIpc) is 2.41. The average molecular weight is 260 g/mol. The molecule has 0 radical (unpaired) electrons. The molecule has 19 heavy (non-hydrogen) atoms. The molecule has 0 saturated carbocycles. The smallest absolute Gasteiger partial charge is 0.258 e. The second-order valence-corrected chi connectivity index (χ2v) is 3.86. The van der Waals surface area contributed by atoms with Gasteiger partial charge in [-0.05, 0) is 25.1 Å². The van der Waals surface area contributed by atoms with Crippen LogP contribution in [-0.2, 0) is 0 Å². The van der Waals surface area contributed by atoms with Crippen LogP contribution in [0.3, 0.4) is 0 Å². The predicted octanol–water partition coefficient (Wildman–Crippen LogP) is 2.22. The van der Waals surface area contributed by atoms with E-state index in [0.29, 0.717) is 11.4 Å². The molecule has 2 aromatic rings. The van der Waals surface area contributed by atoms with Crippen molar-refractivity contribution in [3.05, 3.63) is 47.7 Å². The van der Waals surface area contributed by atoms with Crippen LogP contribution in [0.5, 0.6) is 0 Å². The highest BCUT2D eigenvalue weighted by molar-refractivity contribution is 6.05. The Kier molecular flexibility index (Phi) is 3.70. The van der Waals surface area contributed by atoms with Gasteiger partial charge in [0.25, 0.3) is 5.91 Å². The topological polar surface area (TPSA) is 66.9 Å². The van der Waals surface area contributed by atoms with E-state index in [1.54, 1.807) is 32.3 Å². The van der Waals surface area contributed by atoms with E-state index in [2.05, 4.69) is 20.6 Å². The number of carbonyl (C=O) groups is 1. The van der Waals surface area contributed by atoms with E-state index in [4.69, 9.17) is 0 Å². The summed E-state index contributed by atoms with van der Waals surface area (Å²) in [6.07, 6.45) is 3.00. The summed E-state index contributed by atoms with van der Waals surface area (Å²) < 4.78 is 13.9. The van der Waals surface area contributed by atoms with Gasteiger partial charge in [-0.1, -0.05) is 0 Å². The number of hydrogen-bond donors (Lipinski definition) is 2. The van der Waals surface area contributed by atoms with E-state index >= 15 is 0 Å². The van der Waals surface area contributed by atoms with E-state index in [1.807, 2.05) is 0 Å². The van der Waals surface area contributed by atoms with Gasteiger partial charge >= 0.3 is 0 Å². The Labute approximate surface area is 109 Å². The standard InChI is InChI=1S/C13H13FN4O/c1-8-10(4-3-6-16-8)18-13(19)9-5-7-17-12(15-2)11(9)14/h3-7H,1-2H3,(H,15,17)(H,18,19). The van der Waals surface area contributed by atoms with Crippen molar-refractivity contribution in [1.29, 1.82) is 0 Å². The highest BCUT2D eigenvalue weighted by atomic mass is 19.1. The van der Waals surface area contributed by atoms with E-state index in [-0.39, 0.29) is 11.4 Å². The summed E-state index contributed by atoms with van der Waals surface area (Å²) in [6, 6.07) is 4.74. The minimum absolute atomic E-state index is 0.0376. The van der Waals surface area contributed by atoms with Gasteiger partial charge in [-0.15, -0.1) is 0 Å². The summed E-state index contributed by atoms with van der Waals surface area (Å²) in [7, 11) is 1.54. The SMILES string of the molecule is CNc1nccc(C(=O)Nc2cccnc2C)c1F. The number of hydrogen-bond acceptors (Lipinski definition) is 4. The van der Waals surface area contributed by atoms with Crippen molar-refractivity contribution in [3.8, 4) is 0 Å². The Morgan fingerprint density at radius 3 is 2.74 bits per heavy atom. The Bertz CT molecular complexity index is 615. The van der Waals surface area contributed by atoms with Crippen LogP contribution in [-0.4, -0.2) is 22.9 Å². The molecule has 0 atom stereocenters. The molecule has 5 nitrogen and oxygen atoms in total. The minimum atomic E-state index is -0.677. The maximum Gasteiger partial charge on any atom is 0.258 e. The zero-order chi connectivity index (χ0) is 13.8. The maximum absolute atomic E-state index is 13.9. The number of aryl methyl sites for hydroxylation is 1. The number of halogens is 1. The highest BCUT2D eigenvalue weighted by Crippen LogP contribution is 2.17. The molecule has 0 unspecified atom stereocenters. The van der Waals surface area contributed by atoms with Gasteiger partial charge < -0.3 is 10.6 Å². The van der Waals surface area contributed by atoms with Crippen molar-refractivity contribution in [2.75, 3.05) is 17.7 Å². The van der Waals surface area contributed by atoms with Crippen LogP contribution in [0.2, 0.25) is 0 Å². The second kappa shape index (κ2) is 5.43. The van der Waals surface area contributed by atoms with Crippen LogP contribution in [0, 0.1) is 12.7 Å². The summed E-state index contributed by atoms with van der Waals surface area (Å²) in [6.45, 7) is 1.76. The van der Waals surface area contributed by atoms with E-state index in [1.165, 1.54) is 12.3 Å². The van der Waals surface area contributed by atoms with Gasteiger partial charge in [-0.25, -0.2) is 9.37 Å². The van der Waals surface area contributed by atoms with Gasteiger partial charge in [-0.3, -0.25) is 9.78 Å². The van der Waals surface area contributed by atoms with Crippen molar-refractivity contribution in [3.63, 3.8) is 0 Å². The Morgan fingerprint density at radius 1 is 1.26 bits per heavy atom. The summed E-state index contributed by atoms with van der Waals surface area (Å²) in [5.41, 5.74) is 1.15. The molecule has 0 bridgehead atoms. The second-order valence-electron chi connectivity index (χ2n) is 3.86. The minimum Gasteiger partial charge on any atom is -0.371 e. The van der Waals surface area contributed by atoms with Gasteiger partial charge in [0.05, 0.1) is 16.9 Å². The largest absolute Gasteiger partial charge is 0.371 e. The molecular weight excluding hydrogens is 247 g/mol. The Balaban J connectivity index is 2.28. The summed E-state index contributed by atoms with van der Waals surface area (Å²) >= 11 is 0. The molecule has 98 valence electrons. The van der Waals surface area contributed by atoms with Crippen molar-refractivity contribution >= 4 is 17.4 Å². The normalized spacial score (nSPS) is 10.1. The lowest BCUT2D eigenvalue weighted by molar-refractivity contribution is 0.102. The molecule has 0 spiro atoms. The number of aromatic nitrogens is 2. The lowest BCUT2D eigenvalue weighted by Crippen LogP contribution is -2.16.